The molecule has 0 bridgehead atoms. The van der Waals surface area contributed by atoms with Gasteiger partial charge in [0.2, 0.25) is 0 Å². The first-order valence-corrected chi connectivity index (χ1v) is 13.0. The maximum atomic E-state index is 11.1. The molecule has 0 saturated heterocycles. The molecule has 0 aliphatic carbocycles. The minimum absolute atomic E-state index is 0. The van der Waals surface area contributed by atoms with Crippen LogP contribution in [0.15, 0.2) is 53.6 Å². The molecule has 0 saturated carbocycles. The van der Waals surface area contributed by atoms with Crippen LogP contribution in [-0.2, 0) is 55.0 Å². The van der Waals surface area contributed by atoms with Gasteiger partial charge in [0.15, 0.2) is 5.11 Å². The van der Waals surface area contributed by atoms with Crippen LogP contribution in [0.25, 0.3) is 0 Å². The van der Waals surface area contributed by atoms with Crippen LogP contribution in [-0.4, -0.2) is 45.7 Å². The van der Waals surface area contributed by atoms with E-state index in [1.165, 1.54) is 0 Å². The third kappa shape index (κ3) is 25.1. The van der Waals surface area contributed by atoms with Crippen molar-refractivity contribution in [2.75, 3.05) is 25.0 Å². The zero-order chi connectivity index (χ0) is 30.4. The molecule has 1 aromatic heterocycles. The average Bonchev–Trinajstić information content (AvgIpc) is 2.99. The molecule has 0 fully saturated rings. The number of benzene rings is 1. The van der Waals surface area contributed by atoms with Gasteiger partial charge < -0.3 is 15.7 Å². The summed E-state index contributed by atoms with van der Waals surface area (Å²) in [6, 6.07) is 13.2. The molecule has 1 radical (unpaired) electrons. The zero-order valence-corrected chi connectivity index (χ0v) is 26.6. The van der Waals surface area contributed by atoms with E-state index in [1.54, 1.807) is 6.20 Å². The van der Waals surface area contributed by atoms with Crippen LogP contribution in [0.1, 0.15) is 44.2 Å². The van der Waals surface area contributed by atoms with Gasteiger partial charge in [0, 0.05) is 50.3 Å². The van der Waals surface area contributed by atoms with E-state index in [4.69, 9.17) is 37.2 Å². The van der Waals surface area contributed by atoms with Crippen LogP contribution in [0, 0.1) is 20.0 Å². The van der Waals surface area contributed by atoms with Crippen molar-refractivity contribution in [3.63, 3.8) is 0 Å². The number of carboxylic acid groups (broad SMARTS) is 1. The van der Waals surface area contributed by atoms with E-state index in [0.29, 0.717) is 11.7 Å². The number of hydrogen-bond acceptors (Lipinski definition) is 8. The summed E-state index contributed by atoms with van der Waals surface area (Å²) in [5, 5.41) is 16.1. The molecule has 0 amide bonds. The van der Waals surface area contributed by atoms with Gasteiger partial charge in [-0.2, -0.15) is 5.90 Å². The Morgan fingerprint density at radius 3 is 2.17 bits per heavy atom. The summed E-state index contributed by atoms with van der Waals surface area (Å²) >= 11 is 6.36. The summed E-state index contributed by atoms with van der Waals surface area (Å²) in [5.74, 6) is 4.01. The van der Waals surface area contributed by atoms with Gasteiger partial charge in [-0.05, 0) is 68.0 Å². The molecule has 0 spiro atoms. The minimum Gasteiger partial charge on any atom is 0 e. The van der Waals surface area contributed by atoms with E-state index in [2.05, 4.69) is 44.9 Å². The molecule has 41 heavy (non-hydrogen) atoms. The van der Waals surface area contributed by atoms with Crippen LogP contribution >= 0.6 is 24.3 Å². The summed E-state index contributed by atoms with van der Waals surface area (Å²) in [7, 11) is 0. The van der Waals surface area contributed by atoms with Crippen molar-refractivity contribution in [1.29, 1.82) is 0 Å². The molecular weight excluding hydrogens is 745 g/mol. The molecule has 5 N–H and O–H groups in total. The number of carboxylic acids is 1. The monoisotopic (exact) mass is 778 g/mol. The van der Waals surface area contributed by atoms with E-state index < -0.39 is 5.97 Å². The molecule has 2 rings (SSSR count). The Hall–Kier alpha value is -2.40. The molecule has 0 aliphatic rings. The Balaban J connectivity index is -0.00000193. The summed E-state index contributed by atoms with van der Waals surface area (Å²) in [4.78, 5) is 22.3. The van der Waals surface area contributed by atoms with Crippen molar-refractivity contribution < 1.29 is 53.6 Å². The van der Waals surface area contributed by atoms with Gasteiger partial charge in [0.1, 0.15) is 0 Å². The Morgan fingerprint density at radius 1 is 1.00 bits per heavy atom. The van der Waals surface area contributed by atoms with Crippen molar-refractivity contribution >= 4 is 41.0 Å². The number of pyridine rings is 1. The first-order chi connectivity index (χ1) is 19.6. The number of nitrogens with one attached hydrogen (secondary N) is 2. The third-order valence-corrected chi connectivity index (χ3v) is 5.80. The number of thiocarbonyl (C=S) groups is 1. The number of aliphatic carboxylic acids is 1. The first-order valence-electron chi connectivity index (χ1n) is 11.9. The van der Waals surface area contributed by atoms with Crippen LogP contribution in [0.2, 0.25) is 0 Å². The molecule has 1 heterocycles. The topological polar surface area (TPSA) is 182 Å². The van der Waals surface area contributed by atoms with Gasteiger partial charge in [-0.25, -0.2) is 0 Å². The van der Waals surface area contributed by atoms with Gasteiger partial charge in [0.25, 0.3) is 0 Å². The second-order valence-corrected chi connectivity index (χ2v) is 8.88. The molecule has 0 atom stereocenters. The molecular formula is C26H33N5O7ReS2. The summed E-state index contributed by atoms with van der Waals surface area (Å²) in [6.45, 7) is 15.7. The van der Waals surface area contributed by atoms with Crippen LogP contribution in [0.3, 0.4) is 0 Å². The number of rotatable bonds is 17. The van der Waals surface area contributed by atoms with Gasteiger partial charge >= 0.3 is 39.9 Å². The van der Waals surface area contributed by atoms with Gasteiger partial charge in [0.05, 0.1) is 24.3 Å². The van der Waals surface area contributed by atoms with Gasteiger partial charge in [-0.15, -0.1) is 9.32 Å². The van der Waals surface area contributed by atoms with Crippen molar-refractivity contribution in [3.8, 4) is 0 Å². The number of anilines is 1. The van der Waals surface area contributed by atoms with E-state index in [-0.39, 0.29) is 27.0 Å². The third-order valence-electron chi connectivity index (χ3n) is 4.94. The number of nitrogens with zero attached hydrogens (tertiary/aromatic N) is 2. The largest absolute Gasteiger partial charge is 0 e. The number of unbranched alkanes of at least 4 members (excludes halogenated alkanes) is 5. The summed E-state index contributed by atoms with van der Waals surface area (Å²) in [6.07, 6.45) is 8.25. The first kappa shape index (κ1) is 43.1. The minimum atomic E-state index is -0.806. The second kappa shape index (κ2) is 32.1. The zero-order valence-electron chi connectivity index (χ0n) is 22.3. The Bertz CT molecular complexity index is 969. The van der Waals surface area contributed by atoms with Crippen molar-refractivity contribution in [2.24, 2.45) is 5.90 Å². The predicted octanol–water partition coefficient (Wildman–Crippen LogP) is 4.01. The Labute approximate surface area is 264 Å². The normalized spacial score (nSPS) is 9.17. The molecule has 0 unspecified atom stereocenters. The van der Waals surface area contributed by atoms with Crippen LogP contribution in [0.4, 0.5) is 5.69 Å². The molecule has 0 aliphatic heterocycles. The molecule has 1 aromatic carbocycles. The van der Waals surface area contributed by atoms with E-state index in [9.17, 15) is 4.79 Å². The predicted molar refractivity (Wildman–Crippen MR) is 150 cm³/mol. The fourth-order valence-electron chi connectivity index (χ4n) is 3.32. The smallest absolute Gasteiger partial charge is 0 e. The fourth-order valence-corrected chi connectivity index (χ4v) is 3.91. The molecule has 223 valence electrons. The number of nitrogens with two attached hydrogens (primary N) is 1. The maximum absolute atomic E-state index is 11.1. The Morgan fingerprint density at radius 2 is 1.61 bits per heavy atom. The van der Waals surface area contributed by atoms with Crippen LogP contribution < -0.4 is 16.5 Å². The number of carbonyl (C=O) groups is 1. The summed E-state index contributed by atoms with van der Waals surface area (Å²) < 4.78 is 27.1. The second-order valence-electron chi connectivity index (χ2n) is 7.70. The van der Waals surface area contributed by atoms with Gasteiger partial charge in [-0.3, -0.25) is 14.7 Å². The quantitative estimate of drug-likeness (QED) is 0.0347. The maximum Gasteiger partial charge on any atom is 0 e. The molecule has 12 nitrogen and oxygen atoms in total. The van der Waals surface area contributed by atoms with Crippen molar-refractivity contribution in [2.45, 2.75) is 50.0 Å². The summed E-state index contributed by atoms with van der Waals surface area (Å²) in [5.41, 5.74) is 1.78. The molecule has 15 heteroatoms. The Kier molecular flexibility index (Phi) is 33.7. The molecule has 2 aromatic rings. The van der Waals surface area contributed by atoms with Crippen molar-refractivity contribution in [1.82, 2.24) is 15.2 Å². The van der Waals surface area contributed by atoms with Crippen molar-refractivity contribution in [3.05, 3.63) is 74.3 Å². The fraction of sp³-hybridized carbons (Fsp3) is 0.385. The van der Waals surface area contributed by atoms with Crippen LogP contribution in [0.5, 0.6) is 0 Å². The standard InChI is InChI=1S/C23H33N5O4S2.3CO.Re/c24-31-32-34-21-12-10-19(11-13-21)27-23(33)26-15-6-3-1-2-4-8-16-28(18-22(29)30)17-20-9-5-7-14-25-20;3*1-2;/h5,7,9-14H,1-4,6,8,15-18,24H2,(H,29,30)(H2,26,27,33);;;;. The van der Waals surface area contributed by atoms with E-state index in [0.717, 1.165) is 79.9 Å². The van der Waals surface area contributed by atoms with E-state index >= 15 is 0 Å². The van der Waals surface area contributed by atoms with E-state index in [1.807, 2.05) is 47.4 Å². The number of hydrogen-bond donors (Lipinski definition) is 4. The SMILES string of the molecule is NOOSc1ccc(NC(=S)NCCCCCCCCN(CC(=O)O)Cc2ccccn2)cc1.[C-]#[O+].[C-]#[O+].[C-]#[O+].[Re]. The number of aromatic nitrogens is 1. The average molecular weight is 778 g/mol. The van der Waals surface area contributed by atoms with Gasteiger partial charge in [-0.1, -0.05) is 31.7 Å².